The molecule has 7 nitrogen and oxygen atoms in total. The standard InChI is InChI=1S/C25H21F4N5O2/c1-13-8-16(6-7-30-13)20-11-33(12-25(28,29)36-20)21-10-22-31-15(3)14(2)24(35)34(22)23(32-21)18-5-4-17(26)9-19(18)27/h4-10,20H,11-12H2,1-3H3. The summed E-state index contributed by atoms with van der Waals surface area (Å²) in [6, 6.07) is 7.49. The van der Waals surface area contributed by atoms with Crippen LogP contribution >= 0.6 is 0 Å². The van der Waals surface area contributed by atoms with Crippen molar-refractivity contribution in [3.8, 4) is 11.4 Å². The number of fused-ring (bicyclic) bond motifs is 1. The summed E-state index contributed by atoms with van der Waals surface area (Å²) < 4.78 is 64.0. The zero-order valence-electron chi connectivity index (χ0n) is 19.6. The summed E-state index contributed by atoms with van der Waals surface area (Å²) in [6.45, 7) is 4.13. The summed E-state index contributed by atoms with van der Waals surface area (Å²) in [5, 5.41) is 0. The van der Waals surface area contributed by atoms with Crippen molar-refractivity contribution < 1.29 is 22.3 Å². The van der Waals surface area contributed by atoms with Gasteiger partial charge in [-0.1, -0.05) is 0 Å². The summed E-state index contributed by atoms with van der Waals surface area (Å²) in [5.41, 5.74) is 1.33. The van der Waals surface area contributed by atoms with E-state index in [-0.39, 0.29) is 29.4 Å². The molecule has 0 spiro atoms. The molecule has 1 saturated heterocycles. The van der Waals surface area contributed by atoms with Gasteiger partial charge in [0.1, 0.15) is 35.7 Å². The van der Waals surface area contributed by atoms with E-state index in [2.05, 4.69) is 15.0 Å². The van der Waals surface area contributed by atoms with Crippen LogP contribution in [0, 0.1) is 32.4 Å². The van der Waals surface area contributed by atoms with Gasteiger partial charge in [-0.2, -0.15) is 8.78 Å². The summed E-state index contributed by atoms with van der Waals surface area (Å²) in [5.74, 6) is -1.89. The lowest BCUT2D eigenvalue weighted by Gasteiger charge is -2.38. The number of hydrogen-bond acceptors (Lipinski definition) is 6. The fourth-order valence-electron chi connectivity index (χ4n) is 4.24. The smallest absolute Gasteiger partial charge is 0.345 e. The van der Waals surface area contributed by atoms with E-state index in [9.17, 15) is 22.4 Å². The first-order chi connectivity index (χ1) is 17.0. The van der Waals surface area contributed by atoms with Gasteiger partial charge < -0.3 is 9.64 Å². The molecular weight excluding hydrogens is 478 g/mol. The molecule has 1 aliphatic rings. The van der Waals surface area contributed by atoms with Crippen LogP contribution in [0.2, 0.25) is 0 Å². The van der Waals surface area contributed by atoms with Gasteiger partial charge in [-0.25, -0.2) is 23.1 Å². The number of nitrogens with zero attached hydrogens (tertiary/aromatic N) is 5. The summed E-state index contributed by atoms with van der Waals surface area (Å²) >= 11 is 0. The number of hydrogen-bond donors (Lipinski definition) is 0. The maximum absolute atomic E-state index is 14.8. The first-order valence-corrected chi connectivity index (χ1v) is 11.1. The Morgan fingerprint density at radius 1 is 1.06 bits per heavy atom. The molecule has 1 aromatic carbocycles. The highest BCUT2D eigenvalue weighted by atomic mass is 19.3. The summed E-state index contributed by atoms with van der Waals surface area (Å²) in [4.78, 5) is 27.3. The Labute approximate surface area is 203 Å². The maximum atomic E-state index is 14.8. The maximum Gasteiger partial charge on any atom is 0.373 e. The molecule has 186 valence electrons. The van der Waals surface area contributed by atoms with Gasteiger partial charge in [0.25, 0.3) is 5.56 Å². The lowest BCUT2D eigenvalue weighted by atomic mass is 10.1. The third-order valence-electron chi connectivity index (χ3n) is 6.13. The summed E-state index contributed by atoms with van der Waals surface area (Å²) in [7, 11) is 0. The van der Waals surface area contributed by atoms with Crippen molar-refractivity contribution in [3.63, 3.8) is 0 Å². The van der Waals surface area contributed by atoms with Crippen molar-refractivity contribution in [2.45, 2.75) is 33.0 Å². The second-order valence-electron chi connectivity index (χ2n) is 8.74. The zero-order chi connectivity index (χ0) is 25.8. The minimum absolute atomic E-state index is 0.00261. The fraction of sp³-hybridized carbons (Fsp3) is 0.280. The van der Waals surface area contributed by atoms with Crippen LogP contribution in [-0.4, -0.2) is 38.6 Å². The van der Waals surface area contributed by atoms with E-state index in [0.29, 0.717) is 28.6 Å². The average Bonchev–Trinajstić information content (AvgIpc) is 2.81. The van der Waals surface area contributed by atoms with Crippen LogP contribution in [0.5, 0.6) is 0 Å². The Morgan fingerprint density at radius 3 is 2.56 bits per heavy atom. The molecule has 1 unspecified atom stereocenters. The van der Waals surface area contributed by atoms with Crippen molar-refractivity contribution in [1.82, 2.24) is 19.4 Å². The third kappa shape index (κ3) is 4.30. The normalized spacial score (nSPS) is 17.5. The highest BCUT2D eigenvalue weighted by Gasteiger charge is 2.43. The van der Waals surface area contributed by atoms with Crippen LogP contribution in [0.15, 0.2) is 47.4 Å². The van der Waals surface area contributed by atoms with E-state index in [1.165, 1.54) is 17.2 Å². The Kier molecular flexibility index (Phi) is 5.74. The van der Waals surface area contributed by atoms with Crippen molar-refractivity contribution in [2.75, 3.05) is 18.0 Å². The molecule has 1 atom stereocenters. The molecule has 4 aromatic rings. The molecular formula is C25H21F4N5O2. The molecule has 0 saturated carbocycles. The van der Waals surface area contributed by atoms with Crippen LogP contribution in [0.1, 0.15) is 28.6 Å². The second-order valence-corrected chi connectivity index (χ2v) is 8.74. The number of aryl methyl sites for hydroxylation is 2. The molecule has 1 fully saturated rings. The molecule has 0 N–H and O–H groups in total. The quantitative estimate of drug-likeness (QED) is 0.386. The Hall–Kier alpha value is -3.86. The van der Waals surface area contributed by atoms with Crippen molar-refractivity contribution in [3.05, 3.63) is 87.1 Å². The van der Waals surface area contributed by atoms with Gasteiger partial charge in [0.2, 0.25) is 0 Å². The number of halogens is 4. The van der Waals surface area contributed by atoms with E-state index in [4.69, 9.17) is 4.74 Å². The number of anilines is 1. The highest BCUT2D eigenvalue weighted by molar-refractivity contribution is 5.65. The zero-order valence-corrected chi connectivity index (χ0v) is 19.6. The minimum atomic E-state index is -3.52. The molecule has 3 aromatic heterocycles. The van der Waals surface area contributed by atoms with Crippen LogP contribution in [-0.2, 0) is 4.74 Å². The number of ether oxygens (including phenoxy) is 1. The molecule has 0 bridgehead atoms. The first-order valence-electron chi connectivity index (χ1n) is 11.1. The van der Waals surface area contributed by atoms with Gasteiger partial charge in [-0.05, 0) is 50.6 Å². The van der Waals surface area contributed by atoms with Gasteiger partial charge in [0.15, 0.2) is 5.82 Å². The minimum Gasteiger partial charge on any atom is -0.345 e. The lowest BCUT2D eigenvalue weighted by molar-refractivity contribution is -0.269. The number of pyridine rings is 1. The Bertz CT molecular complexity index is 1560. The van der Waals surface area contributed by atoms with E-state index >= 15 is 0 Å². The van der Waals surface area contributed by atoms with E-state index in [0.717, 1.165) is 16.5 Å². The third-order valence-corrected chi connectivity index (χ3v) is 6.13. The number of aromatic nitrogens is 4. The molecule has 0 radical (unpaired) electrons. The largest absolute Gasteiger partial charge is 0.373 e. The van der Waals surface area contributed by atoms with Crippen molar-refractivity contribution in [2.24, 2.45) is 0 Å². The highest BCUT2D eigenvalue weighted by Crippen LogP contribution is 2.36. The number of morpholine rings is 1. The molecule has 0 aliphatic carbocycles. The topological polar surface area (TPSA) is 72.6 Å². The second kappa shape index (κ2) is 8.66. The van der Waals surface area contributed by atoms with Crippen LogP contribution in [0.25, 0.3) is 17.0 Å². The predicted molar refractivity (Wildman–Crippen MR) is 124 cm³/mol. The van der Waals surface area contributed by atoms with Gasteiger partial charge in [0.05, 0.1) is 12.1 Å². The van der Waals surface area contributed by atoms with E-state index < -0.39 is 36.0 Å². The van der Waals surface area contributed by atoms with Gasteiger partial charge >= 0.3 is 6.11 Å². The molecule has 36 heavy (non-hydrogen) atoms. The average molecular weight is 499 g/mol. The van der Waals surface area contributed by atoms with E-state index in [1.54, 1.807) is 32.9 Å². The lowest BCUT2D eigenvalue weighted by Crippen LogP contribution is -2.48. The molecule has 5 rings (SSSR count). The predicted octanol–water partition coefficient (Wildman–Crippen LogP) is 4.53. The molecule has 4 heterocycles. The number of rotatable bonds is 3. The molecule has 11 heteroatoms. The monoisotopic (exact) mass is 499 g/mol. The Balaban J connectivity index is 1.70. The molecule has 1 aliphatic heterocycles. The van der Waals surface area contributed by atoms with Gasteiger partial charge in [-0.3, -0.25) is 9.78 Å². The van der Waals surface area contributed by atoms with Crippen LogP contribution in [0.4, 0.5) is 23.4 Å². The van der Waals surface area contributed by atoms with Gasteiger partial charge in [-0.15, -0.1) is 0 Å². The van der Waals surface area contributed by atoms with Gasteiger partial charge in [0, 0.05) is 35.3 Å². The SMILES string of the molecule is Cc1cc(C2CN(c3cc4nc(C)c(C)c(=O)n4c(-c4ccc(F)cc4F)n3)CC(F)(F)O2)ccn1. The van der Waals surface area contributed by atoms with Crippen molar-refractivity contribution in [1.29, 1.82) is 0 Å². The summed E-state index contributed by atoms with van der Waals surface area (Å²) in [6.07, 6.45) is -3.02. The number of benzene rings is 1. The number of alkyl halides is 2. The fourth-order valence-corrected chi connectivity index (χ4v) is 4.24. The first kappa shape index (κ1) is 23.9. The van der Waals surface area contributed by atoms with Crippen molar-refractivity contribution >= 4 is 11.5 Å². The van der Waals surface area contributed by atoms with Crippen LogP contribution < -0.4 is 10.5 Å². The van der Waals surface area contributed by atoms with Crippen LogP contribution in [0.3, 0.4) is 0 Å². The van der Waals surface area contributed by atoms with E-state index in [1.807, 2.05) is 0 Å². The Morgan fingerprint density at radius 2 is 1.83 bits per heavy atom. The molecule has 0 amide bonds.